The highest BCUT2D eigenvalue weighted by molar-refractivity contribution is 5.99. The van der Waals surface area contributed by atoms with Crippen LogP contribution in [0.3, 0.4) is 0 Å². The van der Waals surface area contributed by atoms with Gasteiger partial charge in [0.15, 0.2) is 0 Å². The first-order valence-electron chi connectivity index (χ1n) is 15.4. The van der Waals surface area contributed by atoms with E-state index in [-0.39, 0.29) is 23.9 Å². The van der Waals surface area contributed by atoms with Crippen LogP contribution in [-0.4, -0.2) is 57.9 Å². The van der Waals surface area contributed by atoms with Crippen LogP contribution in [0, 0.1) is 5.92 Å². The number of ether oxygens (including phenoxy) is 1. The van der Waals surface area contributed by atoms with Crippen LogP contribution in [0.15, 0.2) is 73.2 Å². The SMILES string of the molecule is CN1CCC(Cc2ccc(-c3ccc(CO[C@H]4CCC[C@@H]4NC(=O)c4cc(-c5cnn(C)c5)cnc4N)cc3)cc2)CC1. The highest BCUT2D eigenvalue weighted by atomic mass is 16.5. The minimum absolute atomic E-state index is 0.0450. The van der Waals surface area contributed by atoms with Gasteiger partial charge in [0, 0.05) is 30.6 Å². The van der Waals surface area contributed by atoms with Gasteiger partial charge in [0.05, 0.1) is 30.5 Å². The van der Waals surface area contributed by atoms with Crippen LogP contribution < -0.4 is 11.1 Å². The van der Waals surface area contributed by atoms with E-state index in [2.05, 4.69) is 75.9 Å². The normalized spacial score (nSPS) is 19.5. The van der Waals surface area contributed by atoms with Crippen molar-refractivity contribution in [3.05, 3.63) is 89.9 Å². The highest BCUT2D eigenvalue weighted by Gasteiger charge is 2.30. The van der Waals surface area contributed by atoms with Crippen molar-refractivity contribution >= 4 is 11.7 Å². The Morgan fingerprint density at radius 3 is 2.28 bits per heavy atom. The number of nitrogens with zero attached hydrogens (tertiary/aromatic N) is 4. The molecule has 1 saturated heterocycles. The van der Waals surface area contributed by atoms with E-state index in [9.17, 15) is 4.79 Å². The van der Waals surface area contributed by atoms with Crippen molar-refractivity contribution in [2.75, 3.05) is 25.9 Å². The Hall–Kier alpha value is -4.01. The fourth-order valence-corrected chi connectivity index (χ4v) is 6.35. The second-order valence-corrected chi connectivity index (χ2v) is 12.3. The summed E-state index contributed by atoms with van der Waals surface area (Å²) in [7, 11) is 4.07. The standard InChI is InChI=1S/C35H42N6O2/c1-40-16-14-25(15-17-40)18-24-6-10-27(11-7-24)28-12-8-26(9-13-28)23-43-33-5-3-4-32(33)39-35(42)31-19-29(20-37-34(31)36)30-21-38-41(2)22-30/h6-13,19-22,25,32-33H,3-5,14-18,23H2,1-2H3,(H2,36,37)(H,39,42)/t32-,33-/m0/s1. The number of amides is 1. The summed E-state index contributed by atoms with van der Waals surface area (Å²) in [6.07, 6.45) is 11.8. The maximum atomic E-state index is 13.2. The molecule has 1 amide bonds. The van der Waals surface area contributed by atoms with Gasteiger partial charge in [-0.15, -0.1) is 0 Å². The average Bonchev–Trinajstić information content (AvgIpc) is 3.66. The number of anilines is 1. The van der Waals surface area contributed by atoms with Crippen molar-refractivity contribution in [3.8, 4) is 22.3 Å². The Labute approximate surface area is 254 Å². The summed E-state index contributed by atoms with van der Waals surface area (Å²) < 4.78 is 8.05. The predicted molar refractivity (Wildman–Crippen MR) is 170 cm³/mol. The number of nitrogen functional groups attached to an aromatic ring is 1. The number of pyridine rings is 1. The van der Waals surface area contributed by atoms with Gasteiger partial charge >= 0.3 is 0 Å². The fourth-order valence-electron chi connectivity index (χ4n) is 6.35. The molecule has 0 bridgehead atoms. The molecule has 1 saturated carbocycles. The Morgan fingerprint density at radius 2 is 1.60 bits per heavy atom. The smallest absolute Gasteiger partial charge is 0.255 e. The van der Waals surface area contributed by atoms with Gasteiger partial charge in [-0.1, -0.05) is 48.5 Å². The van der Waals surface area contributed by atoms with Gasteiger partial charge in [-0.3, -0.25) is 9.48 Å². The summed E-state index contributed by atoms with van der Waals surface area (Å²) in [5.41, 5.74) is 13.2. The molecular weight excluding hydrogens is 536 g/mol. The Kier molecular flexibility index (Phi) is 8.86. The first kappa shape index (κ1) is 29.1. The lowest BCUT2D eigenvalue weighted by Crippen LogP contribution is -2.41. The second kappa shape index (κ2) is 13.1. The van der Waals surface area contributed by atoms with Gasteiger partial charge in [0.2, 0.25) is 0 Å². The number of carbonyl (C=O) groups is 1. The third kappa shape index (κ3) is 7.14. The number of likely N-dealkylation sites (tertiary alicyclic amines) is 1. The van der Waals surface area contributed by atoms with Gasteiger partial charge < -0.3 is 20.7 Å². The Balaban J connectivity index is 1.02. The van der Waals surface area contributed by atoms with Crippen LogP contribution in [-0.2, 0) is 24.8 Å². The maximum absolute atomic E-state index is 13.2. The van der Waals surface area contributed by atoms with Crippen LogP contribution in [0.2, 0.25) is 0 Å². The summed E-state index contributed by atoms with van der Waals surface area (Å²) in [4.78, 5) is 19.9. The van der Waals surface area contributed by atoms with Crippen molar-refractivity contribution in [3.63, 3.8) is 0 Å². The average molecular weight is 579 g/mol. The molecule has 2 aromatic carbocycles. The number of rotatable bonds is 9. The van der Waals surface area contributed by atoms with Crippen LogP contribution >= 0.6 is 0 Å². The highest BCUT2D eigenvalue weighted by Crippen LogP contribution is 2.27. The molecule has 3 N–H and O–H groups in total. The van der Waals surface area contributed by atoms with Gasteiger partial charge in [-0.05, 0) is 92.9 Å². The number of nitrogens with two attached hydrogens (primary N) is 1. The third-order valence-corrected chi connectivity index (χ3v) is 9.04. The van der Waals surface area contributed by atoms with Crippen molar-refractivity contribution in [2.24, 2.45) is 13.0 Å². The van der Waals surface area contributed by atoms with Gasteiger partial charge in [-0.2, -0.15) is 5.10 Å². The van der Waals surface area contributed by atoms with Gasteiger partial charge in [0.1, 0.15) is 5.82 Å². The molecule has 43 heavy (non-hydrogen) atoms. The summed E-state index contributed by atoms with van der Waals surface area (Å²) >= 11 is 0. The van der Waals surface area contributed by atoms with E-state index in [1.807, 2.05) is 13.2 Å². The number of aromatic nitrogens is 3. The molecule has 0 spiro atoms. The van der Waals surface area contributed by atoms with Gasteiger partial charge in [-0.25, -0.2) is 4.98 Å². The molecule has 2 aromatic heterocycles. The molecule has 2 atom stereocenters. The van der Waals surface area contributed by atoms with Crippen molar-refractivity contribution in [1.82, 2.24) is 25.0 Å². The number of benzene rings is 2. The molecule has 6 rings (SSSR count). The summed E-state index contributed by atoms with van der Waals surface area (Å²) in [5, 5.41) is 7.37. The topological polar surface area (TPSA) is 98.3 Å². The minimum Gasteiger partial charge on any atom is -0.383 e. The number of aryl methyl sites for hydroxylation is 1. The predicted octanol–water partition coefficient (Wildman–Crippen LogP) is 5.48. The van der Waals surface area contributed by atoms with E-state index < -0.39 is 0 Å². The van der Waals surface area contributed by atoms with E-state index in [0.717, 1.165) is 41.9 Å². The zero-order chi connectivity index (χ0) is 29.8. The third-order valence-electron chi connectivity index (χ3n) is 9.04. The van der Waals surface area contributed by atoms with Crippen molar-refractivity contribution in [1.29, 1.82) is 0 Å². The minimum atomic E-state index is -0.224. The van der Waals surface area contributed by atoms with E-state index in [4.69, 9.17) is 10.5 Å². The molecule has 0 unspecified atom stereocenters. The molecule has 3 heterocycles. The first-order chi connectivity index (χ1) is 20.9. The van der Waals surface area contributed by atoms with Crippen molar-refractivity contribution in [2.45, 2.75) is 57.3 Å². The molecular formula is C35H42N6O2. The molecule has 1 aliphatic carbocycles. The second-order valence-electron chi connectivity index (χ2n) is 12.3. The largest absolute Gasteiger partial charge is 0.383 e. The summed E-state index contributed by atoms with van der Waals surface area (Å²) in [6.45, 7) is 2.93. The number of hydrogen-bond acceptors (Lipinski definition) is 6. The fraction of sp³-hybridized carbons (Fsp3) is 0.400. The van der Waals surface area contributed by atoms with E-state index >= 15 is 0 Å². The molecule has 4 aromatic rings. The molecule has 1 aliphatic heterocycles. The van der Waals surface area contributed by atoms with E-state index in [0.29, 0.717) is 12.2 Å². The zero-order valence-electron chi connectivity index (χ0n) is 25.2. The lowest BCUT2D eigenvalue weighted by Gasteiger charge is -2.29. The van der Waals surface area contributed by atoms with Crippen LogP contribution in [0.5, 0.6) is 0 Å². The maximum Gasteiger partial charge on any atom is 0.255 e. The number of hydrogen-bond donors (Lipinski definition) is 2. The van der Waals surface area contributed by atoms with Gasteiger partial charge in [0.25, 0.3) is 5.91 Å². The molecule has 2 aliphatic rings. The van der Waals surface area contributed by atoms with Crippen molar-refractivity contribution < 1.29 is 9.53 Å². The molecule has 8 nitrogen and oxygen atoms in total. The molecule has 8 heteroatoms. The number of piperidine rings is 1. The Morgan fingerprint density at radius 1 is 0.907 bits per heavy atom. The quantitative estimate of drug-likeness (QED) is 0.273. The van der Waals surface area contributed by atoms with E-state index in [1.165, 1.54) is 49.0 Å². The van der Waals surface area contributed by atoms with Crippen LogP contribution in [0.1, 0.15) is 53.6 Å². The van der Waals surface area contributed by atoms with Crippen LogP contribution in [0.25, 0.3) is 22.3 Å². The first-order valence-corrected chi connectivity index (χ1v) is 15.4. The molecule has 0 radical (unpaired) electrons. The molecule has 2 fully saturated rings. The summed E-state index contributed by atoms with van der Waals surface area (Å²) in [5.74, 6) is 0.790. The Bertz CT molecular complexity index is 1520. The lowest BCUT2D eigenvalue weighted by atomic mass is 9.90. The van der Waals surface area contributed by atoms with E-state index in [1.54, 1.807) is 23.1 Å². The summed E-state index contributed by atoms with van der Waals surface area (Å²) in [6, 6.07) is 19.4. The zero-order valence-corrected chi connectivity index (χ0v) is 25.2. The molecule has 224 valence electrons. The van der Waals surface area contributed by atoms with Crippen LogP contribution in [0.4, 0.5) is 5.82 Å². The monoisotopic (exact) mass is 578 g/mol. The number of carbonyl (C=O) groups excluding carboxylic acids is 1. The lowest BCUT2D eigenvalue weighted by molar-refractivity contribution is 0.0272. The number of nitrogens with one attached hydrogen (secondary N) is 1.